The Labute approximate surface area is 148 Å². The van der Waals surface area contributed by atoms with Gasteiger partial charge in [0.2, 0.25) is 5.91 Å². The van der Waals surface area contributed by atoms with Crippen LogP contribution >= 0.6 is 27.7 Å². The van der Waals surface area contributed by atoms with Crippen molar-refractivity contribution in [3.05, 3.63) is 22.2 Å². The lowest BCUT2D eigenvalue weighted by Gasteiger charge is -2.15. The van der Waals surface area contributed by atoms with Gasteiger partial charge in [-0.25, -0.2) is 0 Å². The highest BCUT2D eigenvalue weighted by Crippen LogP contribution is 2.33. The van der Waals surface area contributed by atoms with Crippen molar-refractivity contribution in [2.75, 3.05) is 39.6 Å². The topological polar surface area (TPSA) is 67.9 Å². The van der Waals surface area contributed by atoms with Gasteiger partial charge in [0.25, 0.3) is 5.24 Å². The van der Waals surface area contributed by atoms with Crippen molar-refractivity contribution in [1.82, 2.24) is 10.2 Å². The third-order valence-electron chi connectivity index (χ3n) is 3.45. The molecule has 8 heteroatoms. The second-order valence-electron chi connectivity index (χ2n) is 4.93. The number of ether oxygens (including phenoxy) is 2. The van der Waals surface area contributed by atoms with E-state index in [1.54, 1.807) is 19.1 Å². The minimum atomic E-state index is -0.141. The molecule has 0 atom stereocenters. The van der Waals surface area contributed by atoms with Crippen LogP contribution in [0.15, 0.2) is 16.6 Å². The van der Waals surface area contributed by atoms with Crippen molar-refractivity contribution >= 4 is 38.8 Å². The molecule has 126 valence electrons. The van der Waals surface area contributed by atoms with Crippen LogP contribution in [0.1, 0.15) is 5.56 Å². The van der Waals surface area contributed by atoms with Gasteiger partial charge in [0.15, 0.2) is 11.5 Å². The molecule has 1 fully saturated rings. The second kappa shape index (κ2) is 8.44. The number of carbonyl (C=O) groups is 2. The Kier molecular flexibility index (Phi) is 6.59. The number of nitrogens with one attached hydrogen (secondary N) is 1. The van der Waals surface area contributed by atoms with Crippen molar-refractivity contribution in [2.45, 2.75) is 6.42 Å². The Morgan fingerprint density at radius 2 is 2.04 bits per heavy atom. The average Bonchev–Trinajstić information content (AvgIpc) is 2.93. The van der Waals surface area contributed by atoms with Crippen molar-refractivity contribution in [2.24, 2.45) is 0 Å². The number of carbonyl (C=O) groups excluding carboxylic acids is 2. The molecular weight excluding hydrogens is 384 g/mol. The first-order valence-electron chi connectivity index (χ1n) is 7.14. The molecule has 23 heavy (non-hydrogen) atoms. The molecule has 6 nitrogen and oxygen atoms in total. The summed E-state index contributed by atoms with van der Waals surface area (Å²) >= 11 is 4.75. The summed E-state index contributed by atoms with van der Waals surface area (Å²) in [6.07, 6.45) is 0.648. The monoisotopic (exact) mass is 402 g/mol. The SMILES string of the molecule is COc1cc(Br)c(CCNC(=O)CN2CCSC2=O)cc1OC. The number of hydrogen-bond donors (Lipinski definition) is 1. The maximum atomic E-state index is 11.9. The van der Waals surface area contributed by atoms with E-state index in [1.807, 2.05) is 12.1 Å². The minimum absolute atomic E-state index is 0.0252. The molecule has 1 heterocycles. The fourth-order valence-electron chi connectivity index (χ4n) is 2.22. The molecule has 1 aromatic rings. The van der Waals surface area contributed by atoms with Gasteiger partial charge in [0.1, 0.15) is 6.54 Å². The Morgan fingerprint density at radius 3 is 2.65 bits per heavy atom. The van der Waals surface area contributed by atoms with Crippen molar-refractivity contribution < 1.29 is 19.1 Å². The molecule has 0 aromatic heterocycles. The molecule has 0 saturated carbocycles. The van der Waals surface area contributed by atoms with Gasteiger partial charge in [-0.1, -0.05) is 27.7 Å². The predicted octanol–water partition coefficient (Wildman–Crippen LogP) is 2.29. The molecular formula is C15H19BrN2O4S. The van der Waals surface area contributed by atoms with Gasteiger partial charge in [-0.3, -0.25) is 9.59 Å². The quantitative estimate of drug-likeness (QED) is 0.757. The molecule has 1 aromatic carbocycles. The van der Waals surface area contributed by atoms with E-state index in [4.69, 9.17) is 9.47 Å². The molecule has 0 spiro atoms. The lowest BCUT2D eigenvalue weighted by molar-refractivity contribution is -0.121. The van der Waals surface area contributed by atoms with Crippen LogP contribution in [0.2, 0.25) is 0 Å². The maximum Gasteiger partial charge on any atom is 0.282 e. The fraction of sp³-hybridized carbons (Fsp3) is 0.467. The predicted molar refractivity (Wildman–Crippen MR) is 93.4 cm³/mol. The number of methoxy groups -OCH3 is 2. The normalized spacial score (nSPS) is 14.0. The Hall–Kier alpha value is -1.41. The van der Waals surface area contributed by atoms with Crippen molar-refractivity contribution in [1.29, 1.82) is 0 Å². The molecule has 1 aliphatic rings. The summed E-state index contributed by atoms with van der Waals surface area (Å²) in [6, 6.07) is 3.73. The minimum Gasteiger partial charge on any atom is -0.493 e. The van der Waals surface area contributed by atoms with Crippen LogP contribution in [0.3, 0.4) is 0 Å². The highest BCUT2D eigenvalue weighted by Gasteiger charge is 2.23. The van der Waals surface area contributed by atoms with Crippen LogP contribution < -0.4 is 14.8 Å². The Morgan fingerprint density at radius 1 is 1.35 bits per heavy atom. The standard InChI is InChI=1S/C15H19BrN2O4S/c1-21-12-7-10(11(16)8-13(12)22-2)3-4-17-14(19)9-18-5-6-23-15(18)20/h7-8H,3-6,9H2,1-2H3,(H,17,19). The zero-order valence-corrected chi connectivity index (χ0v) is 15.5. The second-order valence-corrected chi connectivity index (χ2v) is 6.83. The lowest BCUT2D eigenvalue weighted by Crippen LogP contribution is -2.38. The van der Waals surface area contributed by atoms with Gasteiger partial charge in [0, 0.05) is 23.3 Å². The van der Waals surface area contributed by atoms with Crippen LogP contribution in [-0.4, -0.2) is 55.7 Å². The van der Waals surface area contributed by atoms with E-state index in [-0.39, 0.29) is 17.7 Å². The summed E-state index contributed by atoms with van der Waals surface area (Å²) in [4.78, 5) is 24.9. The Bertz CT molecular complexity index is 597. The van der Waals surface area contributed by atoms with Gasteiger partial charge >= 0.3 is 0 Å². The summed E-state index contributed by atoms with van der Waals surface area (Å²) < 4.78 is 11.4. The van der Waals surface area contributed by atoms with Crippen molar-refractivity contribution in [3.8, 4) is 11.5 Å². The van der Waals surface area contributed by atoms with E-state index in [0.717, 1.165) is 15.8 Å². The first-order chi connectivity index (χ1) is 11.0. The number of nitrogens with zero attached hydrogens (tertiary/aromatic N) is 1. The first-order valence-corrected chi connectivity index (χ1v) is 8.91. The van der Waals surface area contributed by atoms with Gasteiger partial charge in [-0.15, -0.1) is 0 Å². The van der Waals surface area contributed by atoms with E-state index in [9.17, 15) is 9.59 Å². The summed E-state index contributed by atoms with van der Waals surface area (Å²) in [5, 5.41) is 2.81. The lowest BCUT2D eigenvalue weighted by atomic mass is 10.1. The molecule has 1 N–H and O–H groups in total. The number of rotatable bonds is 7. The molecule has 0 radical (unpaired) electrons. The molecule has 0 unspecified atom stereocenters. The number of halogens is 1. The van der Waals surface area contributed by atoms with Gasteiger partial charge < -0.3 is 19.7 Å². The van der Waals surface area contributed by atoms with E-state index < -0.39 is 0 Å². The zero-order chi connectivity index (χ0) is 16.8. The summed E-state index contributed by atoms with van der Waals surface area (Å²) in [5.41, 5.74) is 1.01. The van der Waals surface area contributed by atoms with Crippen molar-refractivity contribution in [3.63, 3.8) is 0 Å². The molecule has 2 amide bonds. The highest BCUT2D eigenvalue weighted by atomic mass is 79.9. The van der Waals surface area contributed by atoms with E-state index >= 15 is 0 Å². The molecule has 2 rings (SSSR count). The zero-order valence-electron chi connectivity index (χ0n) is 13.1. The van der Waals surface area contributed by atoms with Crippen LogP contribution in [-0.2, 0) is 11.2 Å². The summed E-state index contributed by atoms with van der Waals surface area (Å²) in [7, 11) is 3.17. The number of amides is 2. The van der Waals surface area contributed by atoms with Gasteiger partial charge in [-0.2, -0.15) is 0 Å². The Balaban J connectivity index is 1.86. The van der Waals surface area contributed by atoms with Crippen LogP contribution in [0.25, 0.3) is 0 Å². The van der Waals surface area contributed by atoms with Crippen LogP contribution in [0.5, 0.6) is 11.5 Å². The third kappa shape index (κ3) is 4.78. The molecule has 0 aliphatic carbocycles. The fourth-order valence-corrected chi connectivity index (χ4v) is 3.57. The number of benzene rings is 1. The number of hydrogen-bond acceptors (Lipinski definition) is 5. The largest absolute Gasteiger partial charge is 0.493 e. The average molecular weight is 403 g/mol. The number of thioether (sulfide) groups is 1. The van der Waals surface area contributed by atoms with E-state index in [0.29, 0.717) is 31.0 Å². The first kappa shape index (κ1) is 17.9. The van der Waals surface area contributed by atoms with E-state index in [1.165, 1.54) is 11.8 Å². The molecule has 1 aliphatic heterocycles. The van der Waals surface area contributed by atoms with Crippen LogP contribution in [0.4, 0.5) is 4.79 Å². The van der Waals surface area contributed by atoms with Gasteiger partial charge in [0.05, 0.1) is 14.2 Å². The summed E-state index contributed by atoms with van der Waals surface area (Å²) in [6.45, 7) is 1.25. The molecule has 1 saturated heterocycles. The van der Waals surface area contributed by atoms with E-state index in [2.05, 4.69) is 21.2 Å². The highest BCUT2D eigenvalue weighted by molar-refractivity contribution is 9.10. The van der Waals surface area contributed by atoms with Gasteiger partial charge in [-0.05, 0) is 24.1 Å². The smallest absolute Gasteiger partial charge is 0.282 e. The maximum absolute atomic E-state index is 11.9. The summed E-state index contributed by atoms with van der Waals surface area (Å²) in [5.74, 6) is 1.91. The third-order valence-corrected chi connectivity index (χ3v) is 5.08. The van der Waals surface area contributed by atoms with Crippen LogP contribution in [0, 0.1) is 0 Å². The molecule has 0 bridgehead atoms.